The number of hydrogen-bond acceptors (Lipinski definition) is 7. The monoisotopic (exact) mass is 490 g/mol. The number of rotatable bonds is 7. The molecule has 1 aromatic carbocycles. The number of aromatic amines is 1. The molecule has 10 nitrogen and oxygen atoms in total. The smallest absolute Gasteiger partial charge is 0.391 e. The summed E-state index contributed by atoms with van der Waals surface area (Å²) in [6, 6.07) is 1.75. The van der Waals surface area contributed by atoms with Crippen molar-refractivity contribution < 1.29 is 25.6 Å². The Labute approximate surface area is 186 Å². The first-order valence-electron chi connectivity index (χ1n) is 10.1. The van der Waals surface area contributed by atoms with Crippen molar-refractivity contribution in [2.75, 3.05) is 19.3 Å². The Hall–Kier alpha value is -2.09. The number of nitrogens with one attached hydrogen (secondary N) is 2. The molecule has 0 spiro atoms. The van der Waals surface area contributed by atoms with Crippen LogP contribution in [0.4, 0.5) is 4.39 Å². The summed E-state index contributed by atoms with van der Waals surface area (Å²) in [4.78, 5) is 11.5. The average Bonchev–Trinajstić information content (AvgIpc) is 3.14. The Morgan fingerprint density at radius 3 is 2.38 bits per heavy atom. The molecule has 3 rings (SSSR count). The van der Waals surface area contributed by atoms with E-state index in [0.717, 1.165) is 16.1 Å². The van der Waals surface area contributed by atoms with E-state index in [2.05, 4.69) is 14.9 Å². The van der Waals surface area contributed by atoms with Crippen LogP contribution in [0.3, 0.4) is 0 Å². The van der Waals surface area contributed by atoms with Gasteiger partial charge < -0.3 is 4.42 Å². The zero-order valence-electron chi connectivity index (χ0n) is 18.3. The maximum absolute atomic E-state index is 14.7. The van der Waals surface area contributed by atoms with Crippen LogP contribution in [0.25, 0.3) is 0 Å². The molecule has 178 valence electrons. The molecule has 1 fully saturated rings. The van der Waals surface area contributed by atoms with Crippen LogP contribution in [0.5, 0.6) is 0 Å². The largest absolute Gasteiger partial charge is 0.434 e. The van der Waals surface area contributed by atoms with Gasteiger partial charge in [-0.3, -0.25) is 0 Å². The SMILES string of the molecule is Cc1ccc(F)c([C@@H](C)[C@H](NS(=O)(=O)N2CCC(S(C)(=O)=O)CC2)c2n[nH]c(=O)o2)c1C. The summed E-state index contributed by atoms with van der Waals surface area (Å²) in [5, 5.41) is 5.27. The van der Waals surface area contributed by atoms with E-state index in [-0.39, 0.29) is 37.4 Å². The number of hydrogen-bond donors (Lipinski definition) is 2. The molecule has 2 aromatic rings. The lowest BCUT2D eigenvalue weighted by atomic mass is 9.88. The van der Waals surface area contributed by atoms with Gasteiger partial charge in [0.05, 0.1) is 5.25 Å². The number of aryl methyl sites for hydroxylation is 1. The summed E-state index contributed by atoms with van der Waals surface area (Å²) >= 11 is 0. The van der Waals surface area contributed by atoms with E-state index >= 15 is 0 Å². The lowest BCUT2D eigenvalue weighted by molar-refractivity contribution is 0.325. The van der Waals surface area contributed by atoms with Crippen LogP contribution < -0.4 is 10.5 Å². The van der Waals surface area contributed by atoms with Crippen molar-refractivity contribution >= 4 is 20.0 Å². The molecule has 0 saturated carbocycles. The van der Waals surface area contributed by atoms with Gasteiger partial charge in [0, 0.05) is 25.3 Å². The first-order chi connectivity index (χ1) is 14.8. The minimum Gasteiger partial charge on any atom is -0.391 e. The predicted molar refractivity (Wildman–Crippen MR) is 116 cm³/mol. The third-order valence-electron chi connectivity index (χ3n) is 6.03. The van der Waals surface area contributed by atoms with Crippen LogP contribution in [0.1, 0.15) is 54.3 Å². The summed E-state index contributed by atoms with van der Waals surface area (Å²) in [7, 11) is -7.40. The van der Waals surface area contributed by atoms with Crippen LogP contribution in [0, 0.1) is 19.7 Å². The van der Waals surface area contributed by atoms with E-state index in [9.17, 15) is 26.0 Å². The van der Waals surface area contributed by atoms with Crippen molar-refractivity contribution in [2.24, 2.45) is 0 Å². The molecule has 2 N–H and O–H groups in total. The fourth-order valence-corrected chi connectivity index (χ4v) is 6.54. The Balaban J connectivity index is 1.93. The van der Waals surface area contributed by atoms with Gasteiger partial charge >= 0.3 is 5.76 Å². The van der Waals surface area contributed by atoms with Crippen molar-refractivity contribution in [2.45, 2.75) is 50.8 Å². The second-order valence-electron chi connectivity index (χ2n) is 8.17. The first kappa shape index (κ1) is 24.6. The van der Waals surface area contributed by atoms with Gasteiger partial charge in [0.25, 0.3) is 10.2 Å². The van der Waals surface area contributed by atoms with E-state index in [0.29, 0.717) is 5.56 Å². The van der Waals surface area contributed by atoms with E-state index in [1.807, 2.05) is 6.92 Å². The average molecular weight is 491 g/mol. The standard InChI is InChI=1S/C19H27FN4O6S2/c1-11-5-6-15(20)16(12(11)2)13(3)17(18-21-22-19(25)30-18)23-32(28,29)24-9-7-14(8-10-24)31(4,26)27/h5-6,13-14,17,23H,7-10H2,1-4H3,(H,22,25)/t13-,17+/m1/s1. The molecule has 1 aliphatic heterocycles. The zero-order valence-corrected chi connectivity index (χ0v) is 19.9. The fraction of sp³-hybridized carbons (Fsp3) is 0.579. The maximum Gasteiger partial charge on any atom is 0.434 e. The third-order valence-corrected chi connectivity index (χ3v) is 9.31. The van der Waals surface area contributed by atoms with Crippen LogP contribution in [0.2, 0.25) is 0 Å². The predicted octanol–water partition coefficient (Wildman–Crippen LogP) is 1.31. The van der Waals surface area contributed by atoms with Crippen LogP contribution in [-0.4, -0.2) is 55.9 Å². The van der Waals surface area contributed by atoms with Crippen molar-refractivity contribution in [3.05, 3.63) is 51.1 Å². The van der Waals surface area contributed by atoms with E-state index in [4.69, 9.17) is 4.42 Å². The Morgan fingerprint density at radius 2 is 1.84 bits per heavy atom. The summed E-state index contributed by atoms with van der Waals surface area (Å²) in [5.41, 5.74) is 1.74. The Morgan fingerprint density at radius 1 is 1.22 bits per heavy atom. The van der Waals surface area contributed by atoms with Crippen LogP contribution in [-0.2, 0) is 20.0 Å². The maximum atomic E-state index is 14.7. The van der Waals surface area contributed by atoms with E-state index in [1.54, 1.807) is 19.9 Å². The Kier molecular flexibility index (Phi) is 6.94. The number of H-pyrrole nitrogens is 1. The van der Waals surface area contributed by atoms with Gasteiger partial charge in [0.1, 0.15) is 21.7 Å². The molecule has 2 atom stereocenters. The molecule has 13 heteroatoms. The van der Waals surface area contributed by atoms with Gasteiger partial charge in [-0.05, 0) is 49.4 Å². The zero-order chi connectivity index (χ0) is 23.8. The van der Waals surface area contributed by atoms with Crippen molar-refractivity contribution in [1.82, 2.24) is 19.2 Å². The molecular weight excluding hydrogens is 463 g/mol. The fourth-order valence-electron chi connectivity index (χ4n) is 4.01. The van der Waals surface area contributed by atoms with Crippen molar-refractivity contribution in [1.29, 1.82) is 0 Å². The summed E-state index contributed by atoms with van der Waals surface area (Å²) in [6.07, 6.45) is 1.47. The van der Waals surface area contributed by atoms with Crippen LogP contribution >= 0.6 is 0 Å². The minimum atomic E-state index is -4.13. The lowest BCUT2D eigenvalue weighted by Crippen LogP contribution is -2.48. The van der Waals surface area contributed by atoms with Gasteiger partial charge in [-0.15, -0.1) is 5.10 Å². The molecule has 0 unspecified atom stereocenters. The molecule has 32 heavy (non-hydrogen) atoms. The molecule has 0 aliphatic carbocycles. The number of halogens is 1. The molecule has 1 saturated heterocycles. The van der Waals surface area contributed by atoms with Crippen LogP contribution in [0.15, 0.2) is 21.3 Å². The van der Waals surface area contributed by atoms with Gasteiger partial charge in [-0.2, -0.15) is 17.4 Å². The highest BCUT2D eigenvalue weighted by Crippen LogP contribution is 2.35. The number of piperidine rings is 1. The van der Waals surface area contributed by atoms with Crippen molar-refractivity contribution in [3.63, 3.8) is 0 Å². The first-order valence-corrected chi connectivity index (χ1v) is 13.5. The minimum absolute atomic E-state index is 0.0104. The summed E-state index contributed by atoms with van der Waals surface area (Å²) < 4.78 is 73.2. The highest BCUT2D eigenvalue weighted by atomic mass is 32.2. The molecule has 0 radical (unpaired) electrons. The highest BCUT2D eigenvalue weighted by Gasteiger charge is 2.37. The number of sulfone groups is 1. The highest BCUT2D eigenvalue weighted by molar-refractivity contribution is 7.91. The van der Waals surface area contributed by atoms with Gasteiger partial charge in [-0.1, -0.05) is 13.0 Å². The van der Waals surface area contributed by atoms with E-state index in [1.165, 1.54) is 6.07 Å². The summed E-state index contributed by atoms with van der Waals surface area (Å²) in [5.74, 6) is -2.38. The number of aromatic nitrogens is 2. The number of benzene rings is 1. The third kappa shape index (κ3) is 5.11. The van der Waals surface area contributed by atoms with E-state index < -0.39 is 48.8 Å². The lowest BCUT2D eigenvalue weighted by Gasteiger charge is -2.32. The quantitative estimate of drug-likeness (QED) is 0.596. The van der Waals surface area contributed by atoms with Crippen molar-refractivity contribution in [3.8, 4) is 0 Å². The van der Waals surface area contributed by atoms with Gasteiger partial charge in [0.2, 0.25) is 5.89 Å². The van der Waals surface area contributed by atoms with Gasteiger partial charge in [-0.25, -0.2) is 22.7 Å². The normalized spacial score (nSPS) is 18.5. The topological polar surface area (TPSA) is 142 Å². The second kappa shape index (κ2) is 9.04. The van der Waals surface area contributed by atoms with Gasteiger partial charge in [0.15, 0.2) is 0 Å². The Bertz CT molecular complexity index is 1250. The summed E-state index contributed by atoms with van der Waals surface area (Å²) in [6.45, 7) is 5.17. The molecule has 1 aromatic heterocycles. The molecule has 0 bridgehead atoms. The number of nitrogens with zero attached hydrogens (tertiary/aromatic N) is 2. The molecule has 2 heterocycles. The molecule has 0 amide bonds. The second-order valence-corrected chi connectivity index (χ2v) is 12.2. The molecule has 1 aliphatic rings. The molecular formula is C19H27FN4O6S2.